The minimum atomic E-state index is 0.423. The van der Waals surface area contributed by atoms with E-state index in [1.165, 1.54) is 24.1 Å². The molecule has 2 heteroatoms. The van der Waals surface area contributed by atoms with Crippen molar-refractivity contribution in [2.75, 3.05) is 25.5 Å². The van der Waals surface area contributed by atoms with Crippen LogP contribution in [-0.2, 0) is 0 Å². The van der Waals surface area contributed by atoms with Gasteiger partial charge in [0.15, 0.2) is 0 Å². The van der Waals surface area contributed by atoms with Crippen LogP contribution in [0.2, 0.25) is 0 Å². The topological polar surface area (TPSA) is 15.3 Å². The van der Waals surface area contributed by atoms with Crippen molar-refractivity contribution in [3.05, 3.63) is 29.8 Å². The van der Waals surface area contributed by atoms with Crippen molar-refractivity contribution in [1.29, 1.82) is 0 Å². The van der Waals surface area contributed by atoms with E-state index in [1.807, 2.05) is 0 Å². The molecule has 0 aliphatic heterocycles. The van der Waals surface area contributed by atoms with Crippen molar-refractivity contribution in [1.82, 2.24) is 5.32 Å². The minimum absolute atomic E-state index is 0.423. The number of hydrogen-bond donors (Lipinski definition) is 1. The van der Waals surface area contributed by atoms with Gasteiger partial charge in [-0.1, -0.05) is 26.0 Å². The number of rotatable bonds is 4. The first-order valence-electron chi connectivity index (χ1n) is 7.39. The van der Waals surface area contributed by atoms with Crippen LogP contribution in [0.5, 0.6) is 0 Å². The first-order valence-corrected chi connectivity index (χ1v) is 7.39. The normalized spacial score (nSPS) is 25.5. The Hall–Kier alpha value is -1.02. The summed E-state index contributed by atoms with van der Waals surface area (Å²) in [5.41, 5.74) is 3.09. The van der Waals surface area contributed by atoms with Crippen molar-refractivity contribution in [2.45, 2.75) is 39.7 Å². The van der Waals surface area contributed by atoms with Crippen LogP contribution in [0.1, 0.15) is 32.3 Å². The summed E-state index contributed by atoms with van der Waals surface area (Å²) in [5, 5.41) is 3.55. The number of anilines is 1. The van der Waals surface area contributed by atoms with Gasteiger partial charge in [-0.3, -0.25) is 0 Å². The summed E-state index contributed by atoms with van der Waals surface area (Å²) < 4.78 is 0. The van der Waals surface area contributed by atoms with Crippen LogP contribution in [0.3, 0.4) is 0 Å². The molecule has 0 heterocycles. The fourth-order valence-electron chi connectivity index (χ4n) is 3.66. The molecule has 2 nitrogen and oxygen atoms in total. The molecule has 19 heavy (non-hydrogen) atoms. The van der Waals surface area contributed by atoms with Crippen molar-refractivity contribution in [3.63, 3.8) is 0 Å². The van der Waals surface area contributed by atoms with Gasteiger partial charge in [0, 0.05) is 25.3 Å². The molecule has 106 valence electrons. The van der Waals surface area contributed by atoms with E-state index in [1.54, 1.807) is 0 Å². The average molecular weight is 260 g/mol. The van der Waals surface area contributed by atoms with Crippen LogP contribution in [0, 0.1) is 18.3 Å². The molecule has 1 aliphatic rings. The lowest BCUT2D eigenvalue weighted by molar-refractivity contribution is 0.263. The number of aryl methyl sites for hydroxylation is 1. The molecule has 2 unspecified atom stereocenters. The van der Waals surface area contributed by atoms with E-state index in [2.05, 4.69) is 69.3 Å². The summed E-state index contributed by atoms with van der Waals surface area (Å²) in [6.07, 6.45) is 2.65. The van der Waals surface area contributed by atoms with Crippen LogP contribution in [0.4, 0.5) is 5.69 Å². The standard InChI is InChI=1S/C17H28N2/c1-13-7-6-8-15(11-13)19(5)12-14-9-10-17(2,3)16(14)18-4/h6-8,11,14,16,18H,9-10,12H2,1-5H3. The molecule has 2 atom stereocenters. The fourth-order valence-corrected chi connectivity index (χ4v) is 3.66. The van der Waals surface area contributed by atoms with Gasteiger partial charge in [-0.05, 0) is 55.8 Å². The quantitative estimate of drug-likeness (QED) is 0.892. The second-order valence-corrected chi connectivity index (χ2v) is 6.77. The van der Waals surface area contributed by atoms with E-state index in [9.17, 15) is 0 Å². The van der Waals surface area contributed by atoms with Gasteiger partial charge in [0.05, 0.1) is 0 Å². The second-order valence-electron chi connectivity index (χ2n) is 6.77. The predicted octanol–water partition coefficient (Wildman–Crippen LogP) is 3.46. The molecule has 0 saturated heterocycles. The summed E-state index contributed by atoms with van der Waals surface area (Å²) in [5.74, 6) is 0.741. The van der Waals surface area contributed by atoms with E-state index in [0.29, 0.717) is 11.5 Å². The van der Waals surface area contributed by atoms with Crippen molar-refractivity contribution >= 4 is 5.69 Å². The van der Waals surface area contributed by atoms with Gasteiger partial charge in [0.2, 0.25) is 0 Å². The van der Waals surface area contributed by atoms with Crippen LogP contribution in [0.15, 0.2) is 24.3 Å². The average Bonchev–Trinajstić information content (AvgIpc) is 2.64. The van der Waals surface area contributed by atoms with E-state index in [4.69, 9.17) is 0 Å². The van der Waals surface area contributed by atoms with Gasteiger partial charge >= 0.3 is 0 Å². The largest absolute Gasteiger partial charge is 0.374 e. The zero-order valence-corrected chi connectivity index (χ0v) is 13.0. The van der Waals surface area contributed by atoms with Gasteiger partial charge in [-0.15, -0.1) is 0 Å². The second kappa shape index (κ2) is 5.54. The first-order chi connectivity index (χ1) is 8.94. The minimum Gasteiger partial charge on any atom is -0.374 e. The molecule has 0 bridgehead atoms. The maximum Gasteiger partial charge on any atom is 0.0366 e. The number of hydrogen-bond acceptors (Lipinski definition) is 2. The highest BCUT2D eigenvalue weighted by Crippen LogP contribution is 2.41. The third-order valence-corrected chi connectivity index (χ3v) is 4.73. The smallest absolute Gasteiger partial charge is 0.0366 e. The third-order valence-electron chi connectivity index (χ3n) is 4.73. The SMILES string of the molecule is CNC1C(CN(C)c2cccc(C)c2)CCC1(C)C. The third kappa shape index (κ3) is 3.11. The Balaban J connectivity index is 2.05. The van der Waals surface area contributed by atoms with E-state index >= 15 is 0 Å². The zero-order valence-electron chi connectivity index (χ0n) is 13.0. The Kier molecular flexibility index (Phi) is 4.19. The van der Waals surface area contributed by atoms with Crippen molar-refractivity contribution in [2.24, 2.45) is 11.3 Å². The number of nitrogens with zero attached hydrogens (tertiary/aromatic N) is 1. The summed E-state index contributed by atoms with van der Waals surface area (Å²) in [6.45, 7) is 8.08. The lowest BCUT2D eigenvalue weighted by Gasteiger charge is -2.33. The molecule has 0 spiro atoms. The van der Waals surface area contributed by atoms with Crippen molar-refractivity contribution < 1.29 is 0 Å². The van der Waals surface area contributed by atoms with E-state index in [0.717, 1.165) is 12.5 Å². The molecule has 0 aromatic heterocycles. The summed E-state index contributed by atoms with van der Waals surface area (Å²) in [7, 11) is 4.32. The predicted molar refractivity (Wildman–Crippen MR) is 83.8 cm³/mol. The molecule has 1 fully saturated rings. The highest BCUT2D eigenvalue weighted by Gasteiger charge is 2.41. The summed E-state index contributed by atoms with van der Waals surface area (Å²) in [6, 6.07) is 9.41. The molecule has 1 N–H and O–H groups in total. The molecule has 1 saturated carbocycles. The summed E-state index contributed by atoms with van der Waals surface area (Å²) >= 11 is 0. The molecular weight excluding hydrogens is 232 g/mol. The molecule has 1 aromatic carbocycles. The first kappa shape index (κ1) is 14.4. The Morgan fingerprint density at radius 2 is 2.11 bits per heavy atom. The molecule has 1 aromatic rings. The lowest BCUT2D eigenvalue weighted by atomic mass is 9.85. The van der Waals surface area contributed by atoms with Crippen LogP contribution in [-0.4, -0.2) is 26.7 Å². The van der Waals surface area contributed by atoms with E-state index in [-0.39, 0.29) is 0 Å². The number of benzene rings is 1. The molecule has 2 rings (SSSR count). The molecule has 0 amide bonds. The van der Waals surface area contributed by atoms with Gasteiger partial charge < -0.3 is 10.2 Å². The maximum atomic E-state index is 3.55. The monoisotopic (exact) mass is 260 g/mol. The van der Waals surface area contributed by atoms with E-state index < -0.39 is 0 Å². The fraction of sp³-hybridized carbons (Fsp3) is 0.647. The molecular formula is C17H28N2. The highest BCUT2D eigenvalue weighted by atomic mass is 15.1. The highest BCUT2D eigenvalue weighted by molar-refractivity contribution is 5.47. The Morgan fingerprint density at radius 1 is 1.37 bits per heavy atom. The van der Waals surface area contributed by atoms with Gasteiger partial charge in [-0.2, -0.15) is 0 Å². The van der Waals surface area contributed by atoms with Crippen LogP contribution in [0.25, 0.3) is 0 Å². The summed E-state index contributed by atoms with van der Waals surface area (Å²) in [4.78, 5) is 2.41. The van der Waals surface area contributed by atoms with Gasteiger partial charge in [-0.25, -0.2) is 0 Å². The lowest BCUT2D eigenvalue weighted by Crippen LogP contribution is -2.43. The molecule has 1 aliphatic carbocycles. The maximum absolute atomic E-state index is 3.55. The zero-order chi connectivity index (χ0) is 14.0. The van der Waals surface area contributed by atoms with Gasteiger partial charge in [0.25, 0.3) is 0 Å². The Morgan fingerprint density at radius 3 is 2.74 bits per heavy atom. The van der Waals surface area contributed by atoms with Crippen LogP contribution < -0.4 is 10.2 Å². The Labute approximate surface area is 118 Å². The Bertz CT molecular complexity index is 425. The van der Waals surface area contributed by atoms with Crippen LogP contribution >= 0.6 is 0 Å². The van der Waals surface area contributed by atoms with Gasteiger partial charge in [0.1, 0.15) is 0 Å². The molecule has 0 radical (unpaired) electrons. The number of nitrogens with one attached hydrogen (secondary N) is 1. The van der Waals surface area contributed by atoms with Crippen molar-refractivity contribution in [3.8, 4) is 0 Å².